The minimum absolute atomic E-state index is 0.287. The molecule has 0 bridgehead atoms. The number of hydrogen-bond acceptors (Lipinski definition) is 7. The lowest BCUT2D eigenvalue weighted by Crippen LogP contribution is -2.12. The number of benzene rings is 2. The highest BCUT2D eigenvalue weighted by molar-refractivity contribution is 7.99. The van der Waals surface area contributed by atoms with E-state index in [9.17, 15) is 9.50 Å². The van der Waals surface area contributed by atoms with E-state index in [1.807, 2.05) is 18.2 Å². The van der Waals surface area contributed by atoms with Gasteiger partial charge in [-0.1, -0.05) is 6.07 Å². The number of aliphatic hydroxyl groups is 1. The third kappa shape index (κ3) is 6.85. The number of aromatic amines is 2. The number of hydrogen-bond donors (Lipinski definition) is 4. The normalized spacial score (nSPS) is 12.3. The summed E-state index contributed by atoms with van der Waals surface area (Å²) in [5, 5.41) is 20.7. The summed E-state index contributed by atoms with van der Waals surface area (Å²) in [4.78, 5) is 0. The van der Waals surface area contributed by atoms with Crippen LogP contribution in [0.25, 0.3) is 22.0 Å². The number of H-pyrrole nitrogens is 2. The molecule has 1 aliphatic heterocycles. The topological polar surface area (TPSA) is 101 Å². The fourth-order valence-corrected chi connectivity index (χ4v) is 4.54. The molecule has 0 radical (unpaired) electrons. The van der Waals surface area contributed by atoms with Crippen LogP contribution in [0.1, 0.15) is 6.92 Å². The fraction of sp³-hybridized carbons (Fsp3) is 0.385. The lowest BCUT2D eigenvalue weighted by Gasteiger charge is -2.12. The number of anilines is 2. The minimum Gasteiger partial charge on any atom is -0.493 e. The lowest BCUT2D eigenvalue weighted by molar-refractivity contribution is 0.0409. The van der Waals surface area contributed by atoms with Gasteiger partial charge in [-0.15, -0.1) is 0 Å². The van der Waals surface area contributed by atoms with E-state index in [1.54, 1.807) is 37.9 Å². The van der Waals surface area contributed by atoms with Crippen LogP contribution in [0.5, 0.6) is 11.5 Å². The van der Waals surface area contributed by atoms with Crippen LogP contribution in [0, 0.1) is 5.82 Å². The summed E-state index contributed by atoms with van der Waals surface area (Å²) in [6.45, 7) is 4.23. The molecule has 0 amide bonds. The van der Waals surface area contributed by atoms with Crippen molar-refractivity contribution in [3.8, 4) is 22.8 Å². The van der Waals surface area contributed by atoms with Crippen molar-refractivity contribution in [3.05, 3.63) is 48.3 Å². The van der Waals surface area contributed by atoms with Crippen molar-refractivity contribution < 1.29 is 28.4 Å². The zero-order valence-corrected chi connectivity index (χ0v) is 21.3. The van der Waals surface area contributed by atoms with E-state index in [0.29, 0.717) is 50.2 Å². The van der Waals surface area contributed by atoms with Crippen LogP contribution < -0.4 is 14.8 Å². The molecule has 0 aromatic heterocycles. The standard InChI is InChI=1S/C26H32FN3O5S/c1-17(31)16-36-11-10-34-7-6-33-8-9-35-24-15-21-18(13-23(24)32-2)12-22-25(21)29-30-26(22)28-20-5-3-4-19(27)14-20/h3-5,12-15,17,28-31H,6-11,16H2,1-2H3. The molecular weight excluding hydrogens is 485 g/mol. The molecule has 194 valence electrons. The minimum atomic E-state index is -0.300. The average Bonchev–Trinajstić information content (AvgIpc) is 3.41. The molecule has 4 rings (SSSR count). The highest BCUT2D eigenvalue weighted by atomic mass is 32.2. The zero-order valence-electron chi connectivity index (χ0n) is 20.4. The summed E-state index contributed by atoms with van der Waals surface area (Å²) in [7, 11) is 1.61. The molecule has 2 aromatic carbocycles. The Kier molecular flexibility index (Phi) is 9.35. The van der Waals surface area contributed by atoms with Crippen LogP contribution in [0.15, 0.2) is 42.5 Å². The second kappa shape index (κ2) is 12.9. The first-order valence-electron chi connectivity index (χ1n) is 11.8. The molecule has 8 nitrogen and oxygen atoms in total. The van der Waals surface area contributed by atoms with E-state index in [2.05, 4.69) is 15.5 Å². The molecule has 0 fully saturated rings. The summed E-state index contributed by atoms with van der Waals surface area (Å²) in [6, 6.07) is 12.2. The number of thioether (sulfide) groups is 1. The highest BCUT2D eigenvalue weighted by Crippen LogP contribution is 2.42. The van der Waals surface area contributed by atoms with Gasteiger partial charge in [0.2, 0.25) is 0 Å². The van der Waals surface area contributed by atoms with E-state index in [4.69, 9.17) is 18.9 Å². The van der Waals surface area contributed by atoms with Gasteiger partial charge in [0.25, 0.3) is 0 Å². The van der Waals surface area contributed by atoms with E-state index in [1.165, 1.54) is 12.1 Å². The molecule has 1 atom stereocenters. The Morgan fingerprint density at radius 3 is 2.58 bits per heavy atom. The summed E-state index contributed by atoms with van der Waals surface area (Å²) in [6.07, 6.45) is -0.287. The molecule has 1 unspecified atom stereocenters. The van der Waals surface area contributed by atoms with E-state index in [-0.39, 0.29) is 11.9 Å². The Morgan fingerprint density at radius 2 is 1.81 bits per heavy atom. The van der Waals surface area contributed by atoms with Crippen molar-refractivity contribution >= 4 is 34.0 Å². The maximum absolute atomic E-state index is 13.6. The molecule has 2 aromatic rings. The van der Waals surface area contributed by atoms with Crippen molar-refractivity contribution in [1.82, 2.24) is 10.2 Å². The molecule has 36 heavy (non-hydrogen) atoms. The van der Waals surface area contributed by atoms with Crippen molar-refractivity contribution in [2.75, 3.05) is 57.0 Å². The maximum Gasteiger partial charge on any atom is 0.161 e. The molecule has 2 aliphatic rings. The van der Waals surface area contributed by atoms with Crippen molar-refractivity contribution in [1.29, 1.82) is 0 Å². The summed E-state index contributed by atoms with van der Waals surface area (Å²) in [5.74, 6) is 3.28. The Bertz CT molecular complexity index is 1210. The molecule has 4 N–H and O–H groups in total. The maximum atomic E-state index is 13.6. The average molecular weight is 518 g/mol. The molecule has 0 saturated carbocycles. The monoisotopic (exact) mass is 517 g/mol. The molecule has 0 saturated heterocycles. The van der Waals surface area contributed by atoms with Gasteiger partial charge in [0.1, 0.15) is 18.2 Å². The molecule has 10 heteroatoms. The predicted molar refractivity (Wildman–Crippen MR) is 142 cm³/mol. The summed E-state index contributed by atoms with van der Waals surface area (Å²) in [5.41, 5.74) is 2.51. The van der Waals surface area contributed by atoms with Gasteiger partial charge in [-0.3, -0.25) is 10.2 Å². The third-order valence-electron chi connectivity index (χ3n) is 5.44. The summed E-state index contributed by atoms with van der Waals surface area (Å²) < 4.78 is 36.2. The number of methoxy groups -OCH3 is 1. The SMILES string of the molecule is COc1cc2cc3c(Nc4cccc(F)c4)[nH][nH]c-3c2cc1OCCOCCOCCSCC(C)O. The lowest BCUT2D eigenvalue weighted by atomic mass is 10.2. The van der Waals surface area contributed by atoms with Gasteiger partial charge in [-0.25, -0.2) is 4.39 Å². The highest BCUT2D eigenvalue weighted by Gasteiger charge is 2.19. The third-order valence-corrected chi connectivity index (χ3v) is 6.61. The first-order valence-corrected chi connectivity index (χ1v) is 13.0. The van der Waals surface area contributed by atoms with Crippen LogP contribution in [-0.2, 0) is 9.47 Å². The van der Waals surface area contributed by atoms with Gasteiger partial charge in [-0.05, 0) is 48.7 Å². The van der Waals surface area contributed by atoms with Crippen LogP contribution in [0.2, 0.25) is 0 Å². The number of aliphatic hydroxyl groups excluding tert-OH is 1. The molecule has 1 aliphatic carbocycles. The first-order chi connectivity index (χ1) is 17.5. The Hall–Kier alpha value is -2.92. The number of fused-ring (bicyclic) bond motifs is 3. The van der Waals surface area contributed by atoms with Crippen molar-refractivity contribution in [2.24, 2.45) is 0 Å². The number of rotatable bonds is 15. The Balaban J connectivity index is 1.29. The van der Waals surface area contributed by atoms with Gasteiger partial charge >= 0.3 is 0 Å². The van der Waals surface area contributed by atoms with E-state index in [0.717, 1.165) is 39.4 Å². The van der Waals surface area contributed by atoms with Gasteiger partial charge in [-0.2, -0.15) is 11.8 Å². The predicted octanol–water partition coefficient (Wildman–Crippen LogP) is 5.02. The first kappa shape index (κ1) is 26.2. The van der Waals surface area contributed by atoms with Gasteiger partial charge in [0.15, 0.2) is 11.5 Å². The molecule has 0 spiro atoms. The van der Waals surface area contributed by atoms with E-state index >= 15 is 0 Å². The Morgan fingerprint density at radius 1 is 1.00 bits per heavy atom. The number of aromatic nitrogens is 2. The second-order valence-electron chi connectivity index (χ2n) is 8.28. The van der Waals surface area contributed by atoms with Gasteiger partial charge < -0.3 is 29.4 Å². The van der Waals surface area contributed by atoms with Crippen LogP contribution in [-0.4, -0.2) is 73.1 Å². The second-order valence-corrected chi connectivity index (χ2v) is 9.43. The van der Waals surface area contributed by atoms with Crippen LogP contribution >= 0.6 is 11.8 Å². The smallest absolute Gasteiger partial charge is 0.161 e. The molecule has 1 heterocycles. The quantitative estimate of drug-likeness (QED) is 0.164. The zero-order chi connectivity index (χ0) is 25.3. The summed E-state index contributed by atoms with van der Waals surface area (Å²) >= 11 is 1.67. The van der Waals surface area contributed by atoms with Crippen LogP contribution in [0.4, 0.5) is 15.9 Å². The number of halogens is 1. The van der Waals surface area contributed by atoms with Crippen LogP contribution in [0.3, 0.4) is 0 Å². The largest absolute Gasteiger partial charge is 0.493 e. The van der Waals surface area contributed by atoms with Crippen molar-refractivity contribution in [3.63, 3.8) is 0 Å². The Labute approximate surface area is 213 Å². The fourth-order valence-electron chi connectivity index (χ4n) is 3.79. The van der Waals surface area contributed by atoms with Crippen molar-refractivity contribution in [2.45, 2.75) is 13.0 Å². The number of nitrogens with one attached hydrogen (secondary N) is 3. The van der Waals surface area contributed by atoms with Gasteiger partial charge in [0, 0.05) is 28.1 Å². The molecular formula is C26H32FN3O5S. The van der Waals surface area contributed by atoms with Gasteiger partial charge in [0.05, 0.1) is 45.3 Å². The van der Waals surface area contributed by atoms with E-state index < -0.39 is 0 Å². The number of ether oxygens (including phenoxy) is 4.